The van der Waals surface area contributed by atoms with Crippen molar-refractivity contribution in [3.05, 3.63) is 54.1 Å². The predicted octanol–water partition coefficient (Wildman–Crippen LogP) is 2.03. The summed E-state index contributed by atoms with van der Waals surface area (Å²) in [6.45, 7) is 0. The Morgan fingerprint density at radius 2 is 2.10 bits per heavy atom. The maximum Gasteiger partial charge on any atom is 0.0944 e. The molecule has 20 heavy (non-hydrogen) atoms. The van der Waals surface area contributed by atoms with Gasteiger partial charge in [0.15, 0.2) is 0 Å². The maximum absolute atomic E-state index is 10.4. The van der Waals surface area contributed by atoms with Crippen LogP contribution in [0, 0.1) is 0 Å². The van der Waals surface area contributed by atoms with Crippen LogP contribution >= 0.6 is 0 Å². The smallest absolute Gasteiger partial charge is 0.0944 e. The molecule has 1 aromatic carbocycles. The van der Waals surface area contributed by atoms with Gasteiger partial charge in [-0.2, -0.15) is 5.10 Å². The molecule has 1 unspecified atom stereocenters. The molecule has 1 atom stereocenters. The Balaban J connectivity index is 1.80. The molecule has 1 N–H and O–H groups in total. The Morgan fingerprint density at radius 3 is 2.90 bits per heavy atom. The Hall–Kier alpha value is -2.27. The molecule has 102 valence electrons. The monoisotopic (exact) mass is 268 g/mol. The maximum atomic E-state index is 10.4. The fraction of sp³-hybridized carbons (Fsp3) is 0.267. The molecule has 2 aromatic heterocycles. The number of aliphatic hydroxyl groups excluding tert-OH is 1. The summed E-state index contributed by atoms with van der Waals surface area (Å²) in [5, 5.41) is 14.5. The van der Waals surface area contributed by atoms with Crippen molar-refractivity contribution >= 4 is 11.0 Å². The molecular weight excluding hydrogens is 252 g/mol. The van der Waals surface area contributed by atoms with E-state index in [4.69, 9.17) is 0 Å². The van der Waals surface area contributed by atoms with Crippen LogP contribution in [0.4, 0.5) is 0 Å². The van der Waals surface area contributed by atoms with E-state index in [1.807, 2.05) is 37.6 Å². The van der Waals surface area contributed by atoms with E-state index >= 15 is 0 Å². The summed E-state index contributed by atoms with van der Waals surface area (Å²) in [5.41, 5.74) is 3.54. The molecule has 0 spiro atoms. The SMILES string of the molecule is Cn1cc(CCC(O)c2cccc3nccnc23)cn1. The van der Waals surface area contributed by atoms with Gasteiger partial charge in [0.25, 0.3) is 0 Å². The van der Waals surface area contributed by atoms with E-state index in [0.717, 1.165) is 28.6 Å². The zero-order chi connectivity index (χ0) is 13.9. The highest BCUT2D eigenvalue weighted by Crippen LogP contribution is 2.24. The molecule has 3 aromatic rings. The Labute approximate surface area is 116 Å². The van der Waals surface area contributed by atoms with E-state index < -0.39 is 6.10 Å². The average Bonchev–Trinajstić information content (AvgIpc) is 2.90. The largest absolute Gasteiger partial charge is 0.388 e. The van der Waals surface area contributed by atoms with Crippen molar-refractivity contribution in [1.29, 1.82) is 0 Å². The van der Waals surface area contributed by atoms with Crippen molar-refractivity contribution < 1.29 is 5.11 Å². The van der Waals surface area contributed by atoms with Gasteiger partial charge in [-0.1, -0.05) is 12.1 Å². The number of aliphatic hydroxyl groups is 1. The first-order valence-electron chi connectivity index (χ1n) is 6.59. The third-order valence-electron chi connectivity index (χ3n) is 3.35. The quantitative estimate of drug-likeness (QED) is 0.786. The molecule has 3 rings (SSSR count). The number of benzene rings is 1. The topological polar surface area (TPSA) is 63.8 Å². The van der Waals surface area contributed by atoms with Crippen LogP contribution < -0.4 is 0 Å². The fourth-order valence-corrected chi connectivity index (χ4v) is 2.34. The molecule has 5 heteroatoms. The summed E-state index contributed by atoms with van der Waals surface area (Å²) < 4.78 is 1.77. The number of hydrogen-bond acceptors (Lipinski definition) is 4. The highest BCUT2D eigenvalue weighted by atomic mass is 16.3. The number of aromatic nitrogens is 4. The molecule has 5 nitrogen and oxygen atoms in total. The lowest BCUT2D eigenvalue weighted by molar-refractivity contribution is 0.169. The number of para-hydroxylation sites is 1. The normalized spacial score (nSPS) is 12.7. The summed E-state index contributed by atoms with van der Waals surface area (Å²) in [6.07, 6.45) is 7.99. The second-order valence-corrected chi connectivity index (χ2v) is 4.85. The van der Waals surface area contributed by atoms with Gasteiger partial charge in [0.2, 0.25) is 0 Å². The van der Waals surface area contributed by atoms with Crippen molar-refractivity contribution in [2.45, 2.75) is 18.9 Å². The summed E-state index contributed by atoms with van der Waals surface area (Å²) >= 11 is 0. The molecule has 0 aliphatic carbocycles. The Morgan fingerprint density at radius 1 is 1.25 bits per heavy atom. The predicted molar refractivity (Wildman–Crippen MR) is 76.0 cm³/mol. The van der Waals surface area contributed by atoms with Gasteiger partial charge in [-0.25, -0.2) is 0 Å². The number of aryl methyl sites for hydroxylation is 2. The number of rotatable bonds is 4. The molecule has 2 heterocycles. The van der Waals surface area contributed by atoms with Crippen LogP contribution in [0.15, 0.2) is 43.0 Å². The zero-order valence-electron chi connectivity index (χ0n) is 11.3. The van der Waals surface area contributed by atoms with E-state index in [1.165, 1.54) is 0 Å². The third-order valence-corrected chi connectivity index (χ3v) is 3.35. The van der Waals surface area contributed by atoms with Gasteiger partial charge in [0, 0.05) is 31.2 Å². The lowest BCUT2D eigenvalue weighted by Crippen LogP contribution is -2.01. The number of nitrogens with zero attached hydrogens (tertiary/aromatic N) is 4. The standard InChI is InChI=1S/C15H16N4O/c1-19-10-11(9-18-19)5-6-14(20)12-3-2-4-13-15(12)17-8-7-16-13/h2-4,7-10,14,20H,5-6H2,1H3. The van der Waals surface area contributed by atoms with Gasteiger partial charge in [0.05, 0.1) is 23.3 Å². The van der Waals surface area contributed by atoms with Crippen molar-refractivity contribution in [3.63, 3.8) is 0 Å². The Bertz CT molecular complexity index is 717. The first-order chi connectivity index (χ1) is 9.74. The van der Waals surface area contributed by atoms with Crippen LogP contribution in [0.3, 0.4) is 0 Å². The van der Waals surface area contributed by atoms with Gasteiger partial charge in [0.1, 0.15) is 0 Å². The molecule has 0 fully saturated rings. The van der Waals surface area contributed by atoms with Gasteiger partial charge in [-0.3, -0.25) is 14.6 Å². The minimum absolute atomic E-state index is 0.546. The summed E-state index contributed by atoms with van der Waals surface area (Å²) in [5.74, 6) is 0. The van der Waals surface area contributed by atoms with E-state index in [9.17, 15) is 5.11 Å². The van der Waals surface area contributed by atoms with Gasteiger partial charge in [-0.15, -0.1) is 0 Å². The summed E-state index contributed by atoms with van der Waals surface area (Å²) in [6, 6.07) is 5.71. The lowest BCUT2D eigenvalue weighted by atomic mass is 10.0. The fourth-order valence-electron chi connectivity index (χ4n) is 2.34. The first-order valence-corrected chi connectivity index (χ1v) is 6.59. The van der Waals surface area contributed by atoms with Crippen LogP contribution in [0.25, 0.3) is 11.0 Å². The van der Waals surface area contributed by atoms with E-state index in [0.29, 0.717) is 6.42 Å². The van der Waals surface area contributed by atoms with Gasteiger partial charge < -0.3 is 5.11 Å². The molecule has 0 radical (unpaired) electrons. The highest BCUT2D eigenvalue weighted by Gasteiger charge is 2.13. The van der Waals surface area contributed by atoms with Crippen molar-refractivity contribution in [3.8, 4) is 0 Å². The van der Waals surface area contributed by atoms with Gasteiger partial charge >= 0.3 is 0 Å². The molecule has 0 saturated carbocycles. The minimum Gasteiger partial charge on any atom is -0.388 e. The first kappa shape index (κ1) is 12.7. The Kier molecular flexibility index (Phi) is 3.43. The van der Waals surface area contributed by atoms with Crippen molar-refractivity contribution in [1.82, 2.24) is 19.7 Å². The van der Waals surface area contributed by atoms with Gasteiger partial charge in [-0.05, 0) is 24.5 Å². The van der Waals surface area contributed by atoms with Crippen molar-refractivity contribution in [2.75, 3.05) is 0 Å². The second-order valence-electron chi connectivity index (χ2n) is 4.85. The number of fused-ring (bicyclic) bond motifs is 1. The van der Waals surface area contributed by atoms with E-state index in [1.54, 1.807) is 17.1 Å². The highest BCUT2D eigenvalue weighted by molar-refractivity contribution is 5.77. The molecule has 0 aliphatic heterocycles. The summed E-state index contributed by atoms with van der Waals surface area (Å²) in [7, 11) is 1.89. The number of hydrogen-bond donors (Lipinski definition) is 1. The minimum atomic E-state index is -0.546. The molecule has 0 saturated heterocycles. The van der Waals surface area contributed by atoms with E-state index in [-0.39, 0.29) is 0 Å². The molecule has 0 aliphatic rings. The van der Waals surface area contributed by atoms with Crippen LogP contribution in [0.2, 0.25) is 0 Å². The third kappa shape index (κ3) is 2.53. The average molecular weight is 268 g/mol. The lowest BCUT2D eigenvalue weighted by Gasteiger charge is -2.12. The summed E-state index contributed by atoms with van der Waals surface area (Å²) in [4.78, 5) is 8.58. The van der Waals surface area contributed by atoms with Crippen LogP contribution in [0.5, 0.6) is 0 Å². The van der Waals surface area contributed by atoms with Crippen LogP contribution in [0.1, 0.15) is 23.7 Å². The van der Waals surface area contributed by atoms with Crippen molar-refractivity contribution in [2.24, 2.45) is 7.05 Å². The molecule has 0 bridgehead atoms. The molecular formula is C15H16N4O. The zero-order valence-corrected chi connectivity index (χ0v) is 11.3. The van der Waals surface area contributed by atoms with Crippen LogP contribution in [-0.4, -0.2) is 24.9 Å². The van der Waals surface area contributed by atoms with Crippen LogP contribution in [-0.2, 0) is 13.5 Å². The van der Waals surface area contributed by atoms with E-state index in [2.05, 4.69) is 15.1 Å². The molecule has 0 amide bonds. The second kappa shape index (κ2) is 5.38.